The van der Waals surface area contributed by atoms with E-state index in [0.717, 1.165) is 0 Å². The molecule has 0 nitrogen and oxygen atoms in total. The zero-order valence-corrected chi connectivity index (χ0v) is 32.7. The average Bonchev–Trinajstić information content (AvgIpc) is 3.24. The largest absolute Gasteiger partial charge is 0.416 e. The number of halogens is 18. The molecule has 0 heterocycles. The molecule has 7 rings (SSSR count). The zero-order chi connectivity index (χ0) is 48.4. The smallest absolute Gasteiger partial charge is 0.166 e. The van der Waals surface area contributed by atoms with Crippen LogP contribution in [0, 0.1) is 0 Å². The van der Waals surface area contributed by atoms with Crippen molar-refractivity contribution in [2.45, 2.75) is 37.1 Å². The van der Waals surface area contributed by atoms with E-state index in [0.29, 0.717) is 36.4 Å². The fraction of sp³-hybridized carbons (Fsp3) is 0.125. The Morgan fingerprint density at radius 2 is 0.303 bits per heavy atom. The minimum atomic E-state index is -5.19. The maximum absolute atomic E-state index is 13.8. The molecule has 0 saturated heterocycles. The third-order valence-electron chi connectivity index (χ3n) is 10.3. The quantitative estimate of drug-likeness (QED) is 0.146. The Morgan fingerprint density at radius 1 is 0.167 bits per heavy atom. The van der Waals surface area contributed by atoms with Crippen LogP contribution >= 0.6 is 0 Å². The molecule has 18 heteroatoms. The highest BCUT2D eigenvalue weighted by Gasteiger charge is 2.39. The first-order valence-electron chi connectivity index (χ1n) is 18.8. The Kier molecular flexibility index (Phi) is 11.9. The van der Waals surface area contributed by atoms with Crippen molar-refractivity contribution in [2.24, 2.45) is 0 Å². The summed E-state index contributed by atoms with van der Waals surface area (Å²) in [5, 5.41) is 0. The van der Waals surface area contributed by atoms with E-state index in [1.54, 1.807) is 0 Å². The molecule has 0 radical (unpaired) electrons. The standard InChI is InChI=1S/C48H24F18/c49-43(50,51)37-16-34(17-38(22-37)44(52,53)54)28-7-1-4-25(10-28)31-13-32(26-5-2-8-29(11-26)35-18-39(45(55,56)57)23-40(19-35)46(58,59)60)15-33(14-31)27-6-3-9-30(12-27)36-20-41(47(61,62)63)24-42(21-36)48(64,65)66/h1-24H. The Morgan fingerprint density at radius 3 is 0.455 bits per heavy atom. The molecule has 0 bridgehead atoms. The molecule has 0 fully saturated rings. The van der Waals surface area contributed by atoms with Crippen molar-refractivity contribution in [3.8, 4) is 66.8 Å². The Bertz CT molecular complexity index is 2520. The molecule has 0 N–H and O–H groups in total. The van der Waals surface area contributed by atoms with Crippen LogP contribution in [-0.2, 0) is 37.1 Å². The minimum absolute atomic E-state index is 0.0576. The summed E-state index contributed by atoms with van der Waals surface area (Å²) < 4.78 is 248. The van der Waals surface area contributed by atoms with Gasteiger partial charge in [0.2, 0.25) is 0 Å². The lowest BCUT2D eigenvalue weighted by molar-refractivity contribution is -0.144. The van der Waals surface area contributed by atoms with Gasteiger partial charge in [-0.15, -0.1) is 0 Å². The second-order valence-corrected chi connectivity index (χ2v) is 14.9. The van der Waals surface area contributed by atoms with Crippen molar-refractivity contribution >= 4 is 0 Å². The molecule has 342 valence electrons. The first kappa shape index (κ1) is 47.2. The highest BCUT2D eigenvalue weighted by molar-refractivity contribution is 5.85. The lowest BCUT2D eigenvalue weighted by Gasteiger charge is -2.17. The van der Waals surface area contributed by atoms with Crippen LogP contribution in [0.5, 0.6) is 0 Å². The summed E-state index contributed by atoms with van der Waals surface area (Å²) in [6.07, 6.45) is -31.1. The van der Waals surface area contributed by atoms with Crippen LogP contribution in [0.2, 0.25) is 0 Å². The Hall–Kier alpha value is -6.72. The van der Waals surface area contributed by atoms with Crippen molar-refractivity contribution in [2.75, 3.05) is 0 Å². The molecule has 66 heavy (non-hydrogen) atoms. The van der Waals surface area contributed by atoms with Gasteiger partial charge in [0.1, 0.15) is 0 Å². The highest BCUT2D eigenvalue weighted by atomic mass is 19.4. The lowest BCUT2D eigenvalue weighted by atomic mass is 9.89. The average molecular weight is 943 g/mol. The SMILES string of the molecule is FC(F)(F)c1cc(-c2cccc(-c3cc(-c4cccc(-c5cc(C(F)(F)F)cc(C(F)(F)F)c5)c4)cc(-c4cccc(-c5cc(C(F)(F)F)cc(C(F)(F)F)c5)c4)c3)c2)cc(C(F)(F)F)c1. The number of hydrogen-bond acceptors (Lipinski definition) is 0. The Labute approximate surface area is 361 Å². The molecule has 0 saturated carbocycles. The zero-order valence-electron chi connectivity index (χ0n) is 32.7. The van der Waals surface area contributed by atoms with Crippen LogP contribution in [0.3, 0.4) is 0 Å². The topological polar surface area (TPSA) is 0 Å². The molecule has 0 unspecified atom stereocenters. The molecule has 0 aromatic heterocycles. The number of hydrogen-bond donors (Lipinski definition) is 0. The van der Waals surface area contributed by atoms with Gasteiger partial charge in [-0.25, -0.2) is 0 Å². The predicted molar refractivity (Wildman–Crippen MR) is 209 cm³/mol. The summed E-state index contributed by atoms with van der Waals surface area (Å²) in [4.78, 5) is 0. The van der Waals surface area contributed by atoms with Crippen molar-refractivity contribution < 1.29 is 79.0 Å². The van der Waals surface area contributed by atoms with E-state index < -0.39 is 87.1 Å². The van der Waals surface area contributed by atoms with E-state index in [1.165, 1.54) is 91.0 Å². The molecule has 0 aliphatic carbocycles. The van der Waals surface area contributed by atoms with Crippen molar-refractivity contribution in [1.82, 2.24) is 0 Å². The van der Waals surface area contributed by atoms with Crippen LogP contribution in [-0.4, -0.2) is 0 Å². The van der Waals surface area contributed by atoms with Crippen molar-refractivity contribution in [1.29, 1.82) is 0 Å². The highest BCUT2D eigenvalue weighted by Crippen LogP contribution is 2.44. The monoisotopic (exact) mass is 942 g/mol. The molecule has 0 aliphatic rings. The van der Waals surface area contributed by atoms with E-state index in [4.69, 9.17) is 0 Å². The number of benzene rings is 7. The van der Waals surface area contributed by atoms with Gasteiger partial charge in [-0.3, -0.25) is 0 Å². The van der Waals surface area contributed by atoms with E-state index in [1.807, 2.05) is 0 Å². The summed E-state index contributed by atoms with van der Waals surface area (Å²) in [6, 6.07) is 22.8. The van der Waals surface area contributed by atoms with Crippen LogP contribution in [0.1, 0.15) is 33.4 Å². The summed E-state index contributed by atoms with van der Waals surface area (Å²) in [5.74, 6) is 0. The van der Waals surface area contributed by atoms with Crippen LogP contribution in [0.4, 0.5) is 79.0 Å². The van der Waals surface area contributed by atoms with Gasteiger partial charge in [-0.05, 0) is 158 Å². The molecular formula is C48H24F18. The maximum atomic E-state index is 13.8. The summed E-state index contributed by atoms with van der Waals surface area (Å²) in [7, 11) is 0. The number of rotatable bonds is 6. The van der Waals surface area contributed by atoms with Gasteiger partial charge in [0.15, 0.2) is 0 Å². The van der Waals surface area contributed by atoms with Gasteiger partial charge in [-0.1, -0.05) is 54.6 Å². The molecule has 0 amide bonds. The number of alkyl halides is 18. The lowest BCUT2D eigenvalue weighted by Crippen LogP contribution is -2.11. The van der Waals surface area contributed by atoms with E-state index in [-0.39, 0.29) is 68.3 Å². The molecule has 0 spiro atoms. The van der Waals surface area contributed by atoms with E-state index in [9.17, 15) is 79.0 Å². The predicted octanol–water partition coefficient (Wildman–Crippen LogP) is 17.8. The second kappa shape index (κ2) is 16.6. The fourth-order valence-corrected chi connectivity index (χ4v) is 7.13. The molecular weight excluding hydrogens is 918 g/mol. The molecule has 7 aromatic rings. The maximum Gasteiger partial charge on any atom is 0.416 e. The third kappa shape index (κ3) is 10.5. The van der Waals surface area contributed by atoms with Gasteiger partial charge >= 0.3 is 37.1 Å². The molecule has 0 atom stereocenters. The summed E-state index contributed by atoms with van der Waals surface area (Å²) in [6.45, 7) is 0. The second-order valence-electron chi connectivity index (χ2n) is 14.9. The Balaban J connectivity index is 1.43. The first-order chi connectivity index (χ1) is 30.4. The van der Waals surface area contributed by atoms with E-state index in [2.05, 4.69) is 0 Å². The van der Waals surface area contributed by atoms with Gasteiger partial charge in [-0.2, -0.15) is 79.0 Å². The molecule has 0 aliphatic heterocycles. The minimum Gasteiger partial charge on any atom is -0.166 e. The van der Waals surface area contributed by atoms with Crippen molar-refractivity contribution in [3.05, 3.63) is 179 Å². The van der Waals surface area contributed by atoms with Crippen LogP contribution < -0.4 is 0 Å². The van der Waals surface area contributed by atoms with Gasteiger partial charge in [0.25, 0.3) is 0 Å². The molecule has 7 aromatic carbocycles. The first-order valence-corrected chi connectivity index (χ1v) is 18.8. The van der Waals surface area contributed by atoms with Gasteiger partial charge in [0.05, 0.1) is 33.4 Å². The summed E-state index contributed by atoms with van der Waals surface area (Å²) in [5.41, 5.74) is -10.5. The van der Waals surface area contributed by atoms with Crippen molar-refractivity contribution in [3.63, 3.8) is 0 Å². The third-order valence-corrected chi connectivity index (χ3v) is 10.3. The fourth-order valence-electron chi connectivity index (χ4n) is 7.13. The van der Waals surface area contributed by atoms with Crippen LogP contribution in [0.25, 0.3) is 66.8 Å². The van der Waals surface area contributed by atoms with Gasteiger partial charge in [0, 0.05) is 0 Å². The van der Waals surface area contributed by atoms with E-state index >= 15 is 0 Å². The summed E-state index contributed by atoms with van der Waals surface area (Å²) >= 11 is 0. The van der Waals surface area contributed by atoms with Crippen LogP contribution in [0.15, 0.2) is 146 Å². The normalized spacial score (nSPS) is 13.0. The van der Waals surface area contributed by atoms with Gasteiger partial charge < -0.3 is 0 Å².